The quantitative estimate of drug-likeness (QED) is 0.443. The van der Waals surface area contributed by atoms with E-state index < -0.39 is 15.9 Å². The lowest BCUT2D eigenvalue weighted by atomic mass is 9.75. The van der Waals surface area contributed by atoms with Gasteiger partial charge in [0.25, 0.3) is 15.9 Å². The Kier molecular flexibility index (Phi) is 7.44. The van der Waals surface area contributed by atoms with Crippen LogP contribution in [-0.2, 0) is 31.0 Å². The van der Waals surface area contributed by atoms with Gasteiger partial charge in [0.1, 0.15) is 7.05 Å². The summed E-state index contributed by atoms with van der Waals surface area (Å²) in [6.45, 7) is 2.23. The number of carbonyl (C=O) groups excluding carboxylic acids is 2. The van der Waals surface area contributed by atoms with Gasteiger partial charge in [-0.25, -0.2) is 4.72 Å². The Morgan fingerprint density at radius 1 is 1.06 bits per heavy atom. The standard InChI is InChI=1S/C38H44N6O5S/c1-41-18-25-15-16-26(19-41)43(25)38(46)29-14-8-13-28-33(29)31-17-24-11-7-12-27(23-9-5-4-6-10-23)36(24)42(31)20-30-34(28)35(30)37(45)40-50(47,48)32-21-44(2,49-3)22-39-32/h7-8,11-13,17,21-23,25-26,29,33H,4-6,9-10,14-16,18-20H2,1-3H3/p+1/t25?,26?,29-,33?,44?/m1/s1. The molecule has 0 radical (unpaired) electrons. The molecule has 5 atom stereocenters. The third kappa shape index (κ3) is 5.01. The zero-order chi connectivity index (χ0) is 34.5. The molecule has 0 spiro atoms. The highest BCUT2D eigenvalue weighted by Gasteiger charge is 2.51. The number of aromatic nitrogens is 1. The Bertz CT molecular complexity index is 2090. The van der Waals surface area contributed by atoms with Crippen molar-refractivity contribution in [1.82, 2.24) is 19.1 Å². The maximum absolute atomic E-state index is 14.8. The first-order chi connectivity index (χ1) is 24.1. The van der Waals surface area contributed by atoms with Crippen molar-refractivity contribution >= 4 is 39.1 Å². The van der Waals surface area contributed by atoms with E-state index in [0.29, 0.717) is 24.5 Å². The number of piperazine rings is 1. The van der Waals surface area contributed by atoms with E-state index in [1.54, 1.807) is 7.05 Å². The van der Waals surface area contributed by atoms with E-state index in [0.717, 1.165) is 66.6 Å². The fourth-order valence-corrected chi connectivity index (χ4v) is 10.9. The van der Waals surface area contributed by atoms with Gasteiger partial charge in [-0.05, 0) is 73.4 Å². The number of likely N-dealkylation sites (tertiary alicyclic amines) is 1. The molecule has 3 aliphatic carbocycles. The summed E-state index contributed by atoms with van der Waals surface area (Å²) in [4.78, 5) is 42.7. The molecule has 12 heteroatoms. The molecule has 1 saturated carbocycles. The van der Waals surface area contributed by atoms with Crippen LogP contribution in [0.4, 0.5) is 0 Å². The van der Waals surface area contributed by atoms with E-state index in [-0.39, 0.29) is 39.5 Å². The lowest BCUT2D eigenvalue weighted by molar-refractivity contribution is -0.967. The average Bonchev–Trinajstić information content (AvgIpc) is 3.36. The Labute approximate surface area is 293 Å². The van der Waals surface area contributed by atoms with E-state index >= 15 is 0 Å². The van der Waals surface area contributed by atoms with Crippen LogP contribution in [0.25, 0.3) is 10.9 Å². The van der Waals surface area contributed by atoms with Crippen molar-refractivity contribution < 1.29 is 27.5 Å². The molecule has 11 nitrogen and oxygen atoms in total. The van der Waals surface area contributed by atoms with Gasteiger partial charge in [-0.15, -0.1) is 4.65 Å². The number of rotatable bonds is 6. The lowest BCUT2D eigenvalue weighted by Crippen LogP contribution is -2.56. The molecular formula is C38H45N6O5S+. The number of hydrogen-bond acceptors (Lipinski definition) is 7. The van der Waals surface area contributed by atoms with Crippen molar-refractivity contribution in [1.29, 1.82) is 0 Å². The number of sulfonamides is 1. The molecule has 262 valence electrons. The first kappa shape index (κ1) is 32.1. The number of amides is 2. The molecule has 50 heavy (non-hydrogen) atoms. The molecule has 2 amide bonds. The number of benzene rings is 1. The van der Waals surface area contributed by atoms with Crippen LogP contribution >= 0.6 is 0 Å². The summed E-state index contributed by atoms with van der Waals surface area (Å²) in [5.74, 6) is -0.573. The number of hydroxylamine groups is 3. The molecule has 2 bridgehead atoms. The third-order valence-electron chi connectivity index (χ3n) is 12.3. The smallest absolute Gasteiger partial charge is 0.287 e. The van der Waals surface area contributed by atoms with Crippen LogP contribution in [-0.4, -0.2) is 92.0 Å². The number of nitrogens with one attached hydrogen (secondary N) is 1. The number of nitrogens with zero attached hydrogens (tertiary/aromatic N) is 5. The minimum absolute atomic E-state index is 0.199. The number of quaternary nitrogens is 1. The van der Waals surface area contributed by atoms with Crippen LogP contribution in [0.2, 0.25) is 0 Å². The second-order valence-corrected chi connectivity index (χ2v) is 17.1. The van der Waals surface area contributed by atoms with Crippen LogP contribution in [0.3, 0.4) is 0 Å². The van der Waals surface area contributed by atoms with Crippen LogP contribution in [0.1, 0.15) is 74.5 Å². The van der Waals surface area contributed by atoms with Crippen LogP contribution in [0.5, 0.6) is 0 Å². The first-order valence-corrected chi connectivity index (χ1v) is 19.6. The topological polar surface area (TPSA) is 113 Å². The Morgan fingerprint density at radius 2 is 1.82 bits per heavy atom. The fourth-order valence-electron chi connectivity index (χ4n) is 9.89. The maximum atomic E-state index is 14.8. The summed E-state index contributed by atoms with van der Waals surface area (Å²) >= 11 is 0. The molecule has 7 aliphatic rings. The molecular weight excluding hydrogens is 653 g/mol. The van der Waals surface area contributed by atoms with Gasteiger partial charge in [-0.1, -0.05) is 49.6 Å². The Balaban J connectivity index is 1.15. The zero-order valence-electron chi connectivity index (χ0n) is 29.0. The third-order valence-corrected chi connectivity index (χ3v) is 13.5. The van der Waals surface area contributed by atoms with Gasteiger partial charge in [-0.2, -0.15) is 18.2 Å². The van der Waals surface area contributed by atoms with Crippen LogP contribution in [0, 0.1) is 5.92 Å². The van der Waals surface area contributed by atoms with Gasteiger partial charge in [-0.3, -0.25) is 9.59 Å². The number of allylic oxidation sites excluding steroid dienone is 4. The maximum Gasteiger partial charge on any atom is 0.287 e. The fraction of sp³-hybridized carbons (Fsp3) is 0.500. The highest BCUT2D eigenvalue weighted by molar-refractivity contribution is 7.93. The summed E-state index contributed by atoms with van der Waals surface area (Å²) in [5, 5.41) is 0.893. The van der Waals surface area contributed by atoms with Gasteiger partial charge in [0.15, 0.2) is 6.20 Å². The van der Waals surface area contributed by atoms with Gasteiger partial charge < -0.3 is 14.4 Å². The van der Waals surface area contributed by atoms with Gasteiger partial charge in [0.05, 0.1) is 24.1 Å². The van der Waals surface area contributed by atoms with Crippen LogP contribution in [0.15, 0.2) is 74.9 Å². The van der Waals surface area contributed by atoms with E-state index in [9.17, 15) is 18.0 Å². The van der Waals surface area contributed by atoms with Gasteiger partial charge in [0.2, 0.25) is 17.3 Å². The summed E-state index contributed by atoms with van der Waals surface area (Å²) in [5.41, 5.74) is 6.62. The monoisotopic (exact) mass is 697 g/mol. The highest BCUT2D eigenvalue weighted by atomic mass is 32.2. The molecule has 4 aliphatic heterocycles. The molecule has 1 N–H and O–H groups in total. The Morgan fingerprint density at radius 3 is 2.54 bits per heavy atom. The first-order valence-electron chi connectivity index (χ1n) is 18.1. The number of para-hydroxylation sites is 1. The molecule has 2 saturated heterocycles. The van der Waals surface area contributed by atoms with Crippen LogP contribution < -0.4 is 4.72 Å². The second kappa shape index (κ2) is 11.6. The van der Waals surface area contributed by atoms with E-state index in [4.69, 9.17) is 4.84 Å². The van der Waals surface area contributed by atoms with E-state index in [1.165, 1.54) is 50.0 Å². The number of aliphatic imine (C=N–C) groups is 1. The molecule has 9 rings (SSSR count). The minimum atomic E-state index is -4.26. The summed E-state index contributed by atoms with van der Waals surface area (Å²) in [7, 11) is 0.981. The molecule has 2 aromatic rings. The molecule has 3 fully saturated rings. The highest BCUT2D eigenvalue weighted by Crippen LogP contribution is 2.55. The molecule has 1 aromatic carbocycles. The number of likely N-dealkylation sites (N-methyl/N-ethyl adjacent to an activating group) is 1. The molecule has 4 unspecified atom stereocenters. The Hall–Kier alpha value is -3.84. The molecule has 1 aromatic heterocycles. The summed E-state index contributed by atoms with van der Waals surface area (Å²) in [6.07, 6.45) is 15.5. The van der Waals surface area contributed by atoms with Crippen molar-refractivity contribution in [3.05, 3.63) is 81.2 Å². The normalized spacial score (nSPS) is 30.7. The predicted octanol–water partition coefficient (Wildman–Crippen LogP) is 4.57. The van der Waals surface area contributed by atoms with Crippen molar-refractivity contribution in [2.75, 3.05) is 34.3 Å². The van der Waals surface area contributed by atoms with Crippen molar-refractivity contribution in [3.8, 4) is 0 Å². The minimum Gasteiger partial charge on any atom is -0.339 e. The van der Waals surface area contributed by atoms with Crippen molar-refractivity contribution in [2.24, 2.45) is 10.9 Å². The number of hydrogen-bond donors (Lipinski definition) is 1. The van der Waals surface area contributed by atoms with Gasteiger partial charge >= 0.3 is 0 Å². The summed E-state index contributed by atoms with van der Waals surface area (Å²) in [6, 6.07) is 9.32. The largest absolute Gasteiger partial charge is 0.339 e. The number of carbonyl (C=O) groups is 2. The average molecular weight is 698 g/mol. The van der Waals surface area contributed by atoms with Crippen molar-refractivity contribution in [3.63, 3.8) is 0 Å². The SMILES string of the molecule is CO[N+]1(C)C=NC(S(=O)(=O)NC(=O)C2=C3Cn4c(cc5cccc(C6CCCCC6)c54)C4C(=C32)C=CC[C@H]4C(=O)N2C3CCC2CN(C)C3)=C1. The summed E-state index contributed by atoms with van der Waals surface area (Å²) < 4.78 is 31.2. The van der Waals surface area contributed by atoms with E-state index in [1.807, 2.05) is 0 Å². The zero-order valence-corrected chi connectivity index (χ0v) is 29.8. The second-order valence-electron chi connectivity index (χ2n) is 15.4. The van der Waals surface area contributed by atoms with E-state index in [2.05, 4.69) is 67.5 Å². The number of fused-ring (bicyclic) bond motifs is 8. The molecule has 5 heterocycles. The van der Waals surface area contributed by atoms with Crippen molar-refractivity contribution in [2.45, 2.75) is 81.8 Å². The lowest BCUT2D eigenvalue weighted by Gasteiger charge is -2.43. The van der Waals surface area contributed by atoms with Gasteiger partial charge in [0, 0.05) is 48.7 Å². The predicted molar refractivity (Wildman–Crippen MR) is 190 cm³/mol.